The van der Waals surface area contributed by atoms with Gasteiger partial charge >= 0.3 is 0 Å². The second-order valence-corrected chi connectivity index (χ2v) is 7.34. The zero-order valence-corrected chi connectivity index (χ0v) is 13.6. The molecule has 2 N–H and O–H groups in total. The number of nitrogens with zero attached hydrogens (tertiary/aromatic N) is 2. The molecule has 1 amide bonds. The van der Waals surface area contributed by atoms with Crippen LogP contribution >= 0.6 is 11.8 Å². The van der Waals surface area contributed by atoms with Crippen molar-refractivity contribution >= 4 is 22.8 Å². The van der Waals surface area contributed by atoms with Gasteiger partial charge in [0.25, 0.3) is 0 Å². The van der Waals surface area contributed by atoms with Crippen molar-refractivity contribution in [2.45, 2.75) is 71.5 Å². The Kier molecular flexibility index (Phi) is 5.71. The molecule has 1 aliphatic heterocycles. The Morgan fingerprint density at radius 3 is 2.32 bits per heavy atom. The third kappa shape index (κ3) is 5.43. The number of piperidine rings is 1. The quantitative estimate of drug-likeness (QED) is 0.627. The lowest BCUT2D eigenvalue weighted by molar-refractivity contribution is -0.134. The second kappa shape index (κ2) is 6.64. The summed E-state index contributed by atoms with van der Waals surface area (Å²) in [6.45, 7) is 10.3. The van der Waals surface area contributed by atoms with Gasteiger partial charge in [-0.2, -0.15) is 0 Å². The summed E-state index contributed by atoms with van der Waals surface area (Å²) in [6, 6.07) is 0.690. The van der Waals surface area contributed by atoms with Gasteiger partial charge in [0.05, 0.1) is 11.3 Å². The third-order valence-electron chi connectivity index (χ3n) is 3.27. The largest absolute Gasteiger partial charge is 0.379 e. The lowest BCUT2D eigenvalue weighted by atomic mass is 9.98. The van der Waals surface area contributed by atoms with E-state index in [4.69, 9.17) is 5.73 Å². The second-order valence-electron chi connectivity index (χ2n) is 6.34. The fraction of sp³-hybridized carbons (Fsp3) is 0.857. The van der Waals surface area contributed by atoms with Crippen LogP contribution in [0.2, 0.25) is 0 Å². The minimum Gasteiger partial charge on any atom is -0.379 e. The van der Waals surface area contributed by atoms with E-state index >= 15 is 0 Å². The zero-order chi connectivity index (χ0) is 14.6. The van der Waals surface area contributed by atoms with Crippen LogP contribution in [0.5, 0.6) is 0 Å². The number of amides is 1. The smallest absolute Gasteiger partial charge is 0.233 e. The fourth-order valence-corrected chi connectivity index (χ4v) is 3.24. The summed E-state index contributed by atoms with van der Waals surface area (Å²) in [4.78, 5) is 18.6. The van der Waals surface area contributed by atoms with E-state index in [0.29, 0.717) is 23.0 Å². The van der Waals surface area contributed by atoms with Gasteiger partial charge < -0.3 is 10.6 Å². The van der Waals surface area contributed by atoms with Gasteiger partial charge in [-0.25, -0.2) is 0 Å². The van der Waals surface area contributed by atoms with E-state index in [1.54, 1.807) is 0 Å². The van der Waals surface area contributed by atoms with E-state index in [1.165, 1.54) is 18.2 Å². The van der Waals surface area contributed by atoms with Crippen molar-refractivity contribution < 1.29 is 4.79 Å². The normalized spacial score (nSPS) is 25.5. The molecular weight excluding hydrogens is 258 g/mol. The number of carbonyl (C=O) groups excluding carboxylic acids is 1. The molecule has 1 aliphatic rings. The molecule has 5 heteroatoms. The van der Waals surface area contributed by atoms with Gasteiger partial charge in [-0.15, -0.1) is 0 Å². The van der Waals surface area contributed by atoms with Gasteiger partial charge in [0.2, 0.25) is 5.91 Å². The monoisotopic (exact) mass is 285 g/mol. The molecule has 0 aromatic carbocycles. The molecule has 0 radical (unpaired) electrons. The van der Waals surface area contributed by atoms with Crippen LogP contribution in [0.25, 0.3) is 0 Å². The van der Waals surface area contributed by atoms with Crippen molar-refractivity contribution in [3.63, 3.8) is 0 Å². The van der Waals surface area contributed by atoms with E-state index in [-0.39, 0.29) is 11.4 Å². The predicted molar refractivity (Wildman–Crippen MR) is 83.5 cm³/mol. The van der Waals surface area contributed by atoms with E-state index in [2.05, 4.69) is 18.8 Å². The standard InChI is InChI=1S/C14H27N3OS/c1-10-7-6-8-11(2)17(10)12(18)9-19-13(15)16-14(3,4)5/h10-11H,6-9H2,1-5H3,(H2,15,16)/t10-,11-/m0/s1. The molecule has 0 aliphatic carbocycles. The number of hydrogen-bond acceptors (Lipinski definition) is 3. The average Bonchev–Trinajstić information content (AvgIpc) is 2.23. The first-order chi connectivity index (χ1) is 8.70. The Labute approximate surface area is 121 Å². The predicted octanol–water partition coefficient (Wildman–Crippen LogP) is 2.62. The van der Waals surface area contributed by atoms with E-state index < -0.39 is 0 Å². The van der Waals surface area contributed by atoms with Crippen molar-refractivity contribution in [1.29, 1.82) is 0 Å². The van der Waals surface area contributed by atoms with Crippen LogP contribution in [0.1, 0.15) is 53.9 Å². The molecule has 1 rings (SSSR count). The number of aliphatic imine (C=N–C) groups is 1. The Bertz CT molecular complexity index is 339. The van der Waals surface area contributed by atoms with Crippen LogP contribution in [-0.4, -0.2) is 39.4 Å². The maximum absolute atomic E-state index is 12.3. The van der Waals surface area contributed by atoms with Gasteiger partial charge in [-0.3, -0.25) is 9.79 Å². The molecule has 19 heavy (non-hydrogen) atoms. The summed E-state index contributed by atoms with van der Waals surface area (Å²) in [5.74, 6) is 0.567. The summed E-state index contributed by atoms with van der Waals surface area (Å²) < 4.78 is 0. The number of hydrogen-bond donors (Lipinski definition) is 1. The summed E-state index contributed by atoms with van der Waals surface area (Å²) in [5, 5.41) is 0.498. The molecule has 1 fully saturated rings. The minimum atomic E-state index is -0.189. The number of thioether (sulfide) groups is 1. The maximum Gasteiger partial charge on any atom is 0.233 e. The minimum absolute atomic E-state index is 0.178. The summed E-state index contributed by atoms with van der Waals surface area (Å²) in [6.07, 6.45) is 3.42. The van der Waals surface area contributed by atoms with Gasteiger partial charge in [-0.1, -0.05) is 11.8 Å². The molecule has 0 saturated carbocycles. The van der Waals surface area contributed by atoms with Crippen molar-refractivity contribution in [2.24, 2.45) is 10.7 Å². The van der Waals surface area contributed by atoms with E-state index in [9.17, 15) is 4.79 Å². The van der Waals surface area contributed by atoms with Crippen molar-refractivity contribution in [3.8, 4) is 0 Å². The number of nitrogens with two attached hydrogens (primary N) is 1. The van der Waals surface area contributed by atoms with Crippen molar-refractivity contribution in [3.05, 3.63) is 0 Å². The highest BCUT2D eigenvalue weighted by molar-refractivity contribution is 8.14. The molecule has 1 saturated heterocycles. The first kappa shape index (κ1) is 16.3. The fourth-order valence-electron chi connectivity index (χ4n) is 2.49. The Morgan fingerprint density at radius 2 is 1.84 bits per heavy atom. The number of amidine groups is 1. The van der Waals surface area contributed by atoms with Gasteiger partial charge in [-0.05, 0) is 53.9 Å². The lowest BCUT2D eigenvalue weighted by Gasteiger charge is -2.39. The Morgan fingerprint density at radius 1 is 1.32 bits per heavy atom. The lowest BCUT2D eigenvalue weighted by Crippen LogP contribution is -2.48. The molecule has 110 valence electrons. The molecule has 1 heterocycles. The van der Waals surface area contributed by atoms with Crippen LogP contribution in [0.4, 0.5) is 0 Å². The third-order valence-corrected chi connectivity index (χ3v) is 4.05. The van der Waals surface area contributed by atoms with Gasteiger partial charge in [0.1, 0.15) is 0 Å². The molecule has 0 unspecified atom stereocenters. The molecule has 4 nitrogen and oxygen atoms in total. The number of rotatable bonds is 2. The van der Waals surface area contributed by atoms with Crippen LogP contribution < -0.4 is 5.73 Å². The highest BCUT2D eigenvalue weighted by atomic mass is 32.2. The SMILES string of the molecule is C[C@H]1CCC[C@H](C)N1C(=O)CSC(N)=NC(C)(C)C. The first-order valence-electron chi connectivity index (χ1n) is 7.00. The van der Waals surface area contributed by atoms with Crippen molar-refractivity contribution in [1.82, 2.24) is 4.90 Å². The molecule has 0 aromatic rings. The summed E-state index contributed by atoms with van der Waals surface area (Å²) in [7, 11) is 0. The Hall–Kier alpha value is -0.710. The van der Waals surface area contributed by atoms with Crippen molar-refractivity contribution in [2.75, 3.05) is 5.75 Å². The zero-order valence-electron chi connectivity index (χ0n) is 12.8. The summed E-state index contributed by atoms with van der Waals surface area (Å²) >= 11 is 1.35. The van der Waals surface area contributed by atoms with Crippen LogP contribution in [-0.2, 0) is 4.79 Å². The topological polar surface area (TPSA) is 58.7 Å². The van der Waals surface area contributed by atoms with Crippen LogP contribution in [0, 0.1) is 0 Å². The van der Waals surface area contributed by atoms with Gasteiger partial charge in [0, 0.05) is 12.1 Å². The number of carbonyl (C=O) groups is 1. The van der Waals surface area contributed by atoms with Gasteiger partial charge in [0.15, 0.2) is 5.17 Å². The Balaban J connectivity index is 2.53. The van der Waals surface area contributed by atoms with Crippen LogP contribution in [0.15, 0.2) is 4.99 Å². The average molecular weight is 285 g/mol. The van der Waals surface area contributed by atoms with E-state index in [1.807, 2.05) is 25.7 Å². The highest BCUT2D eigenvalue weighted by Gasteiger charge is 2.28. The van der Waals surface area contributed by atoms with E-state index in [0.717, 1.165) is 12.8 Å². The highest BCUT2D eigenvalue weighted by Crippen LogP contribution is 2.23. The molecule has 0 spiro atoms. The maximum atomic E-state index is 12.3. The molecule has 0 aromatic heterocycles. The van der Waals surface area contributed by atoms with Crippen LogP contribution in [0.3, 0.4) is 0 Å². The molecule has 0 bridgehead atoms. The molecular formula is C14H27N3OS. The summed E-state index contributed by atoms with van der Waals surface area (Å²) in [5.41, 5.74) is 5.66. The molecule has 2 atom stereocenters. The number of likely N-dealkylation sites (tertiary alicyclic amines) is 1. The first-order valence-corrected chi connectivity index (χ1v) is 7.98.